The van der Waals surface area contributed by atoms with Gasteiger partial charge in [-0.15, -0.1) is 0 Å². The average molecular weight is 297 g/mol. The van der Waals surface area contributed by atoms with E-state index >= 15 is 0 Å². The normalized spacial score (nSPS) is 28.9. The summed E-state index contributed by atoms with van der Waals surface area (Å²) < 4.78 is 0. The van der Waals surface area contributed by atoms with E-state index in [1.807, 2.05) is 0 Å². The zero-order valence-corrected chi connectivity index (χ0v) is 13.2. The van der Waals surface area contributed by atoms with Crippen LogP contribution in [-0.2, 0) is 0 Å². The Balaban J connectivity index is 1.41. The number of nitrogens with zero attached hydrogens (tertiary/aromatic N) is 2. The number of likely N-dealkylation sites (tertiary alicyclic amines) is 2. The van der Waals surface area contributed by atoms with Crippen molar-refractivity contribution in [3.63, 3.8) is 0 Å². The third kappa shape index (κ3) is 3.61. The standard InChI is InChI=1S/C15H27N3OS/c19-15(17-7-2-1-3-8-17)18-9-4-13(5-10-18)16-14-6-11-20-12-14/h13-14,16H,1-12H2/t14-/m1/s1. The highest BCUT2D eigenvalue weighted by Gasteiger charge is 2.28. The van der Waals surface area contributed by atoms with E-state index in [4.69, 9.17) is 0 Å². The SMILES string of the molecule is O=C(N1CCCCC1)N1CCC(N[C@@H]2CCSC2)CC1. The van der Waals surface area contributed by atoms with Crippen LogP contribution >= 0.6 is 11.8 Å². The molecule has 3 aliphatic heterocycles. The van der Waals surface area contributed by atoms with Gasteiger partial charge in [0, 0.05) is 44.0 Å². The molecule has 0 aromatic rings. The van der Waals surface area contributed by atoms with E-state index in [2.05, 4.69) is 26.9 Å². The van der Waals surface area contributed by atoms with Crippen LogP contribution < -0.4 is 5.32 Å². The number of thioether (sulfide) groups is 1. The molecule has 4 nitrogen and oxygen atoms in total. The maximum absolute atomic E-state index is 12.4. The van der Waals surface area contributed by atoms with Gasteiger partial charge in [0.1, 0.15) is 0 Å². The molecule has 3 aliphatic rings. The van der Waals surface area contributed by atoms with E-state index in [0.29, 0.717) is 18.1 Å². The molecule has 5 heteroatoms. The highest BCUT2D eigenvalue weighted by molar-refractivity contribution is 7.99. The molecule has 0 aliphatic carbocycles. The second-order valence-electron chi connectivity index (χ2n) is 6.32. The quantitative estimate of drug-likeness (QED) is 0.848. The molecule has 3 fully saturated rings. The fraction of sp³-hybridized carbons (Fsp3) is 0.933. The lowest BCUT2D eigenvalue weighted by Gasteiger charge is -2.38. The molecule has 3 rings (SSSR count). The van der Waals surface area contributed by atoms with Gasteiger partial charge in [-0.05, 0) is 44.3 Å². The maximum atomic E-state index is 12.4. The third-order valence-corrected chi connectivity index (χ3v) is 5.96. The van der Waals surface area contributed by atoms with Crippen molar-refractivity contribution in [2.24, 2.45) is 0 Å². The van der Waals surface area contributed by atoms with E-state index in [1.165, 1.54) is 37.2 Å². The molecule has 2 amide bonds. The van der Waals surface area contributed by atoms with Gasteiger partial charge in [0.05, 0.1) is 0 Å². The van der Waals surface area contributed by atoms with Gasteiger partial charge in [-0.2, -0.15) is 11.8 Å². The highest BCUT2D eigenvalue weighted by atomic mass is 32.2. The molecule has 0 aromatic carbocycles. The number of carbonyl (C=O) groups excluding carboxylic acids is 1. The van der Waals surface area contributed by atoms with E-state index in [-0.39, 0.29) is 0 Å². The van der Waals surface area contributed by atoms with Crippen LogP contribution in [0.25, 0.3) is 0 Å². The topological polar surface area (TPSA) is 35.6 Å². The minimum absolute atomic E-state index is 0.291. The number of carbonyl (C=O) groups is 1. The fourth-order valence-electron chi connectivity index (χ4n) is 3.52. The number of piperidine rings is 2. The van der Waals surface area contributed by atoms with Gasteiger partial charge < -0.3 is 15.1 Å². The molecule has 0 unspecified atom stereocenters. The number of nitrogens with one attached hydrogen (secondary N) is 1. The molecule has 3 saturated heterocycles. The lowest BCUT2D eigenvalue weighted by atomic mass is 10.0. The van der Waals surface area contributed by atoms with Crippen LogP contribution in [0, 0.1) is 0 Å². The van der Waals surface area contributed by atoms with Gasteiger partial charge >= 0.3 is 6.03 Å². The van der Waals surface area contributed by atoms with Crippen LogP contribution in [0.3, 0.4) is 0 Å². The molecule has 1 N–H and O–H groups in total. The molecule has 114 valence electrons. The predicted octanol–water partition coefficient (Wildman–Crippen LogP) is 2.15. The van der Waals surface area contributed by atoms with Crippen molar-refractivity contribution in [2.45, 2.75) is 50.6 Å². The van der Waals surface area contributed by atoms with Crippen molar-refractivity contribution >= 4 is 17.8 Å². The minimum Gasteiger partial charge on any atom is -0.325 e. The average Bonchev–Trinajstić information content (AvgIpc) is 3.01. The van der Waals surface area contributed by atoms with E-state index in [9.17, 15) is 4.79 Å². The molecule has 0 saturated carbocycles. The van der Waals surface area contributed by atoms with Crippen molar-refractivity contribution < 1.29 is 4.79 Å². The van der Waals surface area contributed by atoms with Crippen molar-refractivity contribution in [1.82, 2.24) is 15.1 Å². The number of urea groups is 1. The van der Waals surface area contributed by atoms with Gasteiger partial charge in [-0.1, -0.05) is 0 Å². The highest BCUT2D eigenvalue weighted by Crippen LogP contribution is 2.20. The number of amides is 2. The second-order valence-corrected chi connectivity index (χ2v) is 7.47. The Morgan fingerprint density at radius 2 is 1.60 bits per heavy atom. The van der Waals surface area contributed by atoms with Crippen LogP contribution in [0.1, 0.15) is 38.5 Å². The molecular weight excluding hydrogens is 270 g/mol. The summed E-state index contributed by atoms with van der Waals surface area (Å²) in [4.78, 5) is 16.6. The Labute approximate surface area is 126 Å². The monoisotopic (exact) mass is 297 g/mol. The Morgan fingerprint density at radius 3 is 2.25 bits per heavy atom. The molecule has 0 bridgehead atoms. The van der Waals surface area contributed by atoms with E-state index in [1.54, 1.807) is 0 Å². The first-order valence-corrected chi connectivity index (χ1v) is 9.36. The van der Waals surface area contributed by atoms with Crippen LogP contribution in [0.5, 0.6) is 0 Å². The predicted molar refractivity (Wildman–Crippen MR) is 84.3 cm³/mol. The van der Waals surface area contributed by atoms with Crippen LogP contribution in [0.2, 0.25) is 0 Å². The maximum Gasteiger partial charge on any atom is 0.319 e. The fourth-order valence-corrected chi connectivity index (χ4v) is 4.69. The van der Waals surface area contributed by atoms with E-state index < -0.39 is 0 Å². The van der Waals surface area contributed by atoms with E-state index in [0.717, 1.165) is 39.0 Å². The van der Waals surface area contributed by atoms with Gasteiger partial charge in [0.25, 0.3) is 0 Å². The summed E-state index contributed by atoms with van der Waals surface area (Å²) in [6.07, 6.45) is 7.22. The molecule has 1 atom stereocenters. The summed E-state index contributed by atoms with van der Waals surface area (Å²) in [6.45, 7) is 3.81. The van der Waals surface area contributed by atoms with Gasteiger partial charge in [-0.25, -0.2) is 4.79 Å². The first-order valence-electron chi connectivity index (χ1n) is 8.20. The lowest BCUT2D eigenvalue weighted by molar-refractivity contribution is 0.128. The number of hydrogen-bond acceptors (Lipinski definition) is 3. The Bertz CT molecular complexity index is 319. The van der Waals surface area contributed by atoms with Gasteiger partial charge in [0.2, 0.25) is 0 Å². The summed E-state index contributed by atoms with van der Waals surface area (Å²) in [5, 5.41) is 3.78. The molecule has 0 spiro atoms. The minimum atomic E-state index is 0.291. The molecule has 0 radical (unpaired) electrons. The van der Waals surface area contributed by atoms with Crippen LogP contribution in [-0.4, -0.2) is 65.6 Å². The summed E-state index contributed by atoms with van der Waals surface area (Å²) >= 11 is 2.06. The molecular formula is C15H27N3OS. The van der Waals surface area contributed by atoms with Gasteiger partial charge in [0.15, 0.2) is 0 Å². The first-order chi connectivity index (χ1) is 9.83. The molecule has 3 heterocycles. The van der Waals surface area contributed by atoms with Crippen LogP contribution in [0.15, 0.2) is 0 Å². The third-order valence-electron chi connectivity index (χ3n) is 4.79. The zero-order valence-electron chi connectivity index (χ0n) is 12.4. The molecule has 0 aromatic heterocycles. The Hall–Kier alpha value is -0.420. The zero-order chi connectivity index (χ0) is 13.8. The molecule has 20 heavy (non-hydrogen) atoms. The smallest absolute Gasteiger partial charge is 0.319 e. The lowest BCUT2D eigenvalue weighted by Crippen LogP contribution is -2.52. The van der Waals surface area contributed by atoms with Crippen molar-refractivity contribution in [3.8, 4) is 0 Å². The summed E-state index contributed by atoms with van der Waals surface area (Å²) in [5.41, 5.74) is 0. The number of hydrogen-bond donors (Lipinski definition) is 1. The number of rotatable bonds is 2. The van der Waals surface area contributed by atoms with Crippen molar-refractivity contribution in [2.75, 3.05) is 37.7 Å². The summed E-state index contributed by atoms with van der Waals surface area (Å²) in [5.74, 6) is 2.58. The Morgan fingerprint density at radius 1 is 0.900 bits per heavy atom. The van der Waals surface area contributed by atoms with Crippen LogP contribution in [0.4, 0.5) is 4.79 Å². The first kappa shape index (κ1) is 14.5. The summed E-state index contributed by atoms with van der Waals surface area (Å²) in [6, 6.07) is 1.64. The van der Waals surface area contributed by atoms with Crippen molar-refractivity contribution in [3.05, 3.63) is 0 Å². The summed E-state index contributed by atoms with van der Waals surface area (Å²) in [7, 11) is 0. The van der Waals surface area contributed by atoms with Crippen molar-refractivity contribution in [1.29, 1.82) is 0 Å². The second kappa shape index (κ2) is 7.03. The van der Waals surface area contributed by atoms with Gasteiger partial charge in [-0.3, -0.25) is 0 Å². The Kier molecular flexibility index (Phi) is 5.10. The largest absolute Gasteiger partial charge is 0.325 e.